The molecule has 0 aliphatic rings. The molecule has 0 aliphatic heterocycles. The van der Waals surface area contributed by atoms with Crippen molar-refractivity contribution in [3.8, 4) is 0 Å². The number of rotatable bonds is 7. The van der Waals surface area contributed by atoms with E-state index in [1.165, 1.54) is 6.20 Å². The zero-order chi connectivity index (χ0) is 20.8. The minimum absolute atomic E-state index is 0.276. The van der Waals surface area contributed by atoms with E-state index in [0.717, 1.165) is 36.1 Å². The molecule has 0 saturated carbocycles. The van der Waals surface area contributed by atoms with E-state index < -0.39 is 0 Å². The number of amides is 1. The van der Waals surface area contributed by atoms with Gasteiger partial charge in [-0.1, -0.05) is 0 Å². The highest BCUT2D eigenvalue weighted by molar-refractivity contribution is 6.02. The molecule has 1 amide bonds. The molecule has 0 saturated heterocycles. The zero-order valence-corrected chi connectivity index (χ0v) is 17.1. The Bertz CT molecular complexity index is 967. The molecule has 0 aliphatic carbocycles. The number of carbonyl (C=O) groups is 1. The maximum absolute atomic E-state index is 12.2. The van der Waals surface area contributed by atoms with E-state index in [1.54, 1.807) is 6.20 Å². The van der Waals surface area contributed by atoms with Crippen molar-refractivity contribution in [3.05, 3.63) is 59.9 Å². The SMILES string of the molecule is CCN(CC)c1cc(Nc2ccc(NC(=O)c3cnc(C)cn3)cc2)nc(C)n1. The third-order valence-electron chi connectivity index (χ3n) is 4.34. The summed E-state index contributed by atoms with van der Waals surface area (Å²) in [7, 11) is 0. The van der Waals surface area contributed by atoms with Crippen molar-refractivity contribution < 1.29 is 4.79 Å². The number of hydrogen-bond donors (Lipinski definition) is 2. The van der Waals surface area contributed by atoms with Gasteiger partial charge in [0.15, 0.2) is 0 Å². The Morgan fingerprint density at radius 3 is 2.28 bits per heavy atom. The van der Waals surface area contributed by atoms with Crippen LogP contribution in [-0.2, 0) is 0 Å². The summed E-state index contributed by atoms with van der Waals surface area (Å²) < 4.78 is 0. The van der Waals surface area contributed by atoms with E-state index in [1.807, 2.05) is 44.2 Å². The fourth-order valence-electron chi connectivity index (χ4n) is 2.82. The van der Waals surface area contributed by atoms with Gasteiger partial charge in [0.2, 0.25) is 0 Å². The van der Waals surface area contributed by atoms with Crippen molar-refractivity contribution >= 4 is 28.9 Å². The summed E-state index contributed by atoms with van der Waals surface area (Å²) >= 11 is 0. The smallest absolute Gasteiger partial charge is 0.275 e. The largest absolute Gasteiger partial charge is 0.357 e. The summed E-state index contributed by atoms with van der Waals surface area (Å²) in [5, 5.41) is 6.11. The zero-order valence-electron chi connectivity index (χ0n) is 17.1. The van der Waals surface area contributed by atoms with Crippen LogP contribution in [0.2, 0.25) is 0 Å². The van der Waals surface area contributed by atoms with E-state index in [4.69, 9.17) is 0 Å². The molecule has 0 radical (unpaired) electrons. The Morgan fingerprint density at radius 2 is 1.66 bits per heavy atom. The van der Waals surface area contributed by atoms with Gasteiger partial charge in [-0.25, -0.2) is 15.0 Å². The third-order valence-corrected chi connectivity index (χ3v) is 4.34. The van der Waals surface area contributed by atoms with Crippen molar-refractivity contribution in [2.45, 2.75) is 27.7 Å². The molecule has 8 nitrogen and oxygen atoms in total. The summed E-state index contributed by atoms with van der Waals surface area (Å²) in [5.74, 6) is 2.03. The fourth-order valence-corrected chi connectivity index (χ4v) is 2.82. The van der Waals surface area contributed by atoms with Gasteiger partial charge in [-0.05, 0) is 52.0 Å². The molecule has 0 atom stereocenters. The summed E-state index contributed by atoms with van der Waals surface area (Å²) in [4.78, 5) is 31.6. The van der Waals surface area contributed by atoms with E-state index in [0.29, 0.717) is 11.5 Å². The molecular formula is C21H25N7O. The second kappa shape index (κ2) is 9.09. The van der Waals surface area contributed by atoms with Crippen LogP contribution in [0.5, 0.6) is 0 Å². The van der Waals surface area contributed by atoms with Crippen molar-refractivity contribution in [2.75, 3.05) is 28.6 Å². The van der Waals surface area contributed by atoms with Gasteiger partial charge in [-0.15, -0.1) is 0 Å². The first-order valence-corrected chi connectivity index (χ1v) is 9.56. The number of aromatic nitrogens is 4. The monoisotopic (exact) mass is 391 g/mol. The van der Waals surface area contributed by atoms with Gasteiger partial charge in [0, 0.05) is 36.7 Å². The molecule has 8 heteroatoms. The van der Waals surface area contributed by atoms with Gasteiger partial charge in [-0.2, -0.15) is 0 Å². The summed E-state index contributed by atoms with van der Waals surface area (Å²) in [5.41, 5.74) is 2.58. The Balaban J connectivity index is 1.69. The molecule has 2 heterocycles. The lowest BCUT2D eigenvalue weighted by molar-refractivity contribution is 0.102. The van der Waals surface area contributed by atoms with Crippen LogP contribution in [-0.4, -0.2) is 38.9 Å². The highest BCUT2D eigenvalue weighted by Crippen LogP contribution is 2.21. The molecule has 3 rings (SSSR count). The first-order chi connectivity index (χ1) is 14.0. The number of nitrogens with one attached hydrogen (secondary N) is 2. The van der Waals surface area contributed by atoms with E-state index >= 15 is 0 Å². The maximum atomic E-state index is 12.2. The lowest BCUT2D eigenvalue weighted by Crippen LogP contribution is -2.23. The maximum Gasteiger partial charge on any atom is 0.275 e. The topological polar surface area (TPSA) is 95.9 Å². The van der Waals surface area contributed by atoms with Gasteiger partial charge in [0.05, 0.1) is 11.9 Å². The fraction of sp³-hybridized carbons (Fsp3) is 0.286. The van der Waals surface area contributed by atoms with Crippen LogP contribution in [0.25, 0.3) is 0 Å². The molecule has 0 spiro atoms. The third kappa shape index (κ3) is 5.25. The number of hydrogen-bond acceptors (Lipinski definition) is 7. The highest BCUT2D eigenvalue weighted by atomic mass is 16.1. The number of benzene rings is 1. The van der Waals surface area contributed by atoms with Gasteiger partial charge in [-0.3, -0.25) is 9.78 Å². The lowest BCUT2D eigenvalue weighted by atomic mass is 10.2. The number of carbonyl (C=O) groups excluding carboxylic acids is 1. The van der Waals surface area contributed by atoms with Gasteiger partial charge < -0.3 is 15.5 Å². The van der Waals surface area contributed by atoms with Crippen molar-refractivity contribution in [1.29, 1.82) is 0 Å². The van der Waals surface area contributed by atoms with Crippen LogP contribution in [0.1, 0.15) is 35.9 Å². The first-order valence-electron chi connectivity index (χ1n) is 9.56. The average molecular weight is 391 g/mol. The van der Waals surface area contributed by atoms with Crippen LogP contribution in [0.3, 0.4) is 0 Å². The predicted molar refractivity (Wildman–Crippen MR) is 115 cm³/mol. The normalized spacial score (nSPS) is 10.5. The van der Waals surface area contributed by atoms with Crippen LogP contribution < -0.4 is 15.5 Å². The second-order valence-electron chi connectivity index (χ2n) is 6.53. The van der Waals surface area contributed by atoms with Gasteiger partial charge in [0.1, 0.15) is 23.2 Å². The Kier molecular flexibility index (Phi) is 6.33. The van der Waals surface area contributed by atoms with Crippen LogP contribution >= 0.6 is 0 Å². The number of nitrogens with zero attached hydrogens (tertiary/aromatic N) is 5. The van der Waals surface area contributed by atoms with E-state index in [2.05, 4.69) is 49.3 Å². The molecule has 2 N–H and O–H groups in total. The molecule has 0 bridgehead atoms. The molecule has 150 valence electrons. The highest BCUT2D eigenvalue weighted by Gasteiger charge is 2.09. The lowest BCUT2D eigenvalue weighted by Gasteiger charge is -2.20. The Labute approximate surface area is 170 Å². The summed E-state index contributed by atoms with van der Waals surface area (Å²) in [6.07, 6.45) is 3.03. The second-order valence-corrected chi connectivity index (χ2v) is 6.53. The summed E-state index contributed by atoms with van der Waals surface area (Å²) in [6.45, 7) is 9.67. The number of anilines is 4. The molecule has 2 aromatic heterocycles. The molecule has 0 unspecified atom stereocenters. The molecule has 0 fully saturated rings. The molecular weight excluding hydrogens is 366 g/mol. The Morgan fingerprint density at radius 1 is 0.966 bits per heavy atom. The van der Waals surface area contributed by atoms with E-state index in [9.17, 15) is 4.79 Å². The predicted octanol–water partition coefficient (Wildman–Crippen LogP) is 3.73. The van der Waals surface area contributed by atoms with E-state index in [-0.39, 0.29) is 11.6 Å². The van der Waals surface area contributed by atoms with Crippen LogP contribution in [0, 0.1) is 13.8 Å². The van der Waals surface area contributed by atoms with Gasteiger partial charge >= 0.3 is 0 Å². The first kappa shape index (κ1) is 20.2. The average Bonchev–Trinajstić information content (AvgIpc) is 2.70. The van der Waals surface area contributed by atoms with Crippen molar-refractivity contribution in [2.24, 2.45) is 0 Å². The molecule has 3 aromatic rings. The standard InChI is InChI=1S/C21H25N7O/c1-5-28(6-2)20-11-19(24-15(4)25-20)26-16-7-9-17(10-8-16)27-21(29)18-13-22-14(3)12-23-18/h7-13H,5-6H2,1-4H3,(H,27,29)(H,24,25,26). The Hall–Kier alpha value is -3.55. The van der Waals surface area contributed by atoms with Crippen LogP contribution in [0.15, 0.2) is 42.7 Å². The van der Waals surface area contributed by atoms with Gasteiger partial charge in [0.25, 0.3) is 5.91 Å². The van der Waals surface area contributed by atoms with Crippen molar-refractivity contribution in [3.63, 3.8) is 0 Å². The minimum Gasteiger partial charge on any atom is -0.357 e. The molecule has 29 heavy (non-hydrogen) atoms. The quantitative estimate of drug-likeness (QED) is 0.633. The molecule has 1 aromatic carbocycles. The van der Waals surface area contributed by atoms with Crippen LogP contribution in [0.4, 0.5) is 23.0 Å². The summed E-state index contributed by atoms with van der Waals surface area (Å²) in [6, 6.07) is 9.34. The minimum atomic E-state index is -0.298. The number of aryl methyl sites for hydroxylation is 2. The van der Waals surface area contributed by atoms with Crippen molar-refractivity contribution in [1.82, 2.24) is 19.9 Å².